The van der Waals surface area contributed by atoms with Crippen LogP contribution in [-0.2, 0) is 0 Å². The molecule has 0 radical (unpaired) electrons. The van der Waals surface area contributed by atoms with Gasteiger partial charge in [-0.05, 0) is 44.6 Å². The fourth-order valence-corrected chi connectivity index (χ4v) is 3.89. The molecule has 33 heavy (non-hydrogen) atoms. The number of hydrogen-bond acceptors (Lipinski definition) is 7. The molecular weight excluding hydrogens is 442 g/mol. The minimum Gasteiger partial charge on any atom is -0.489 e. The second kappa shape index (κ2) is 10.8. The van der Waals surface area contributed by atoms with Crippen LogP contribution in [0, 0.1) is 0 Å². The lowest BCUT2D eigenvalue weighted by Crippen LogP contribution is -2.22. The first-order chi connectivity index (χ1) is 16.1. The molecular formula is C25H30ClN3O4. The predicted octanol–water partition coefficient (Wildman–Crippen LogP) is 5.53. The second-order valence-corrected chi connectivity index (χ2v) is 8.48. The summed E-state index contributed by atoms with van der Waals surface area (Å²) in [6, 6.07) is 8.83. The van der Waals surface area contributed by atoms with E-state index in [1.807, 2.05) is 6.07 Å². The number of benzene rings is 2. The summed E-state index contributed by atoms with van der Waals surface area (Å²) in [6.07, 6.45) is 5.02. The first-order valence-corrected chi connectivity index (χ1v) is 11.7. The van der Waals surface area contributed by atoms with Gasteiger partial charge in [-0.1, -0.05) is 24.9 Å². The highest BCUT2D eigenvalue weighted by Crippen LogP contribution is 2.48. The number of rotatable bonds is 10. The molecule has 4 rings (SSSR count). The number of ether oxygens (including phenoxy) is 4. The van der Waals surface area contributed by atoms with E-state index < -0.39 is 0 Å². The molecule has 1 aromatic heterocycles. The van der Waals surface area contributed by atoms with Gasteiger partial charge in [0.2, 0.25) is 5.75 Å². The van der Waals surface area contributed by atoms with E-state index in [9.17, 15) is 0 Å². The van der Waals surface area contributed by atoms with E-state index in [-0.39, 0.29) is 0 Å². The molecule has 2 heterocycles. The quantitative estimate of drug-likeness (QED) is 0.307. The van der Waals surface area contributed by atoms with Crippen molar-refractivity contribution in [1.82, 2.24) is 9.88 Å². The number of aromatic nitrogens is 1. The van der Waals surface area contributed by atoms with Crippen molar-refractivity contribution in [1.29, 1.82) is 0 Å². The number of nitrogens with two attached hydrogens (primary N) is 1. The van der Waals surface area contributed by atoms with Crippen LogP contribution in [0.25, 0.3) is 10.9 Å². The molecule has 0 spiro atoms. The zero-order chi connectivity index (χ0) is 23.2. The molecule has 1 aliphatic heterocycles. The van der Waals surface area contributed by atoms with Gasteiger partial charge in [-0.2, -0.15) is 0 Å². The van der Waals surface area contributed by atoms with Gasteiger partial charge < -0.3 is 29.6 Å². The van der Waals surface area contributed by atoms with Crippen LogP contribution in [0.4, 0.5) is 5.69 Å². The highest BCUT2D eigenvalue weighted by atomic mass is 35.5. The maximum Gasteiger partial charge on any atom is 0.204 e. The third kappa shape index (κ3) is 5.54. The molecule has 0 amide bonds. The molecule has 1 aliphatic rings. The molecule has 0 saturated heterocycles. The van der Waals surface area contributed by atoms with Crippen molar-refractivity contribution in [2.75, 3.05) is 45.7 Å². The zero-order valence-corrected chi connectivity index (χ0v) is 19.9. The van der Waals surface area contributed by atoms with Crippen LogP contribution in [0.5, 0.6) is 28.7 Å². The van der Waals surface area contributed by atoms with Gasteiger partial charge in [-0.25, -0.2) is 0 Å². The van der Waals surface area contributed by atoms with Gasteiger partial charge in [-0.15, -0.1) is 0 Å². The van der Waals surface area contributed by atoms with Crippen LogP contribution in [-0.4, -0.2) is 49.8 Å². The average molecular weight is 472 g/mol. The molecule has 7 nitrogen and oxygen atoms in total. The maximum atomic E-state index is 6.16. The van der Waals surface area contributed by atoms with E-state index in [1.54, 1.807) is 30.5 Å². The summed E-state index contributed by atoms with van der Waals surface area (Å²) < 4.78 is 24.2. The Kier molecular flexibility index (Phi) is 7.62. The van der Waals surface area contributed by atoms with Crippen molar-refractivity contribution in [2.24, 2.45) is 0 Å². The van der Waals surface area contributed by atoms with Gasteiger partial charge in [0.05, 0.1) is 28.2 Å². The number of fused-ring (bicyclic) bond motifs is 3. The normalized spacial score (nSPS) is 12.8. The van der Waals surface area contributed by atoms with E-state index in [0.29, 0.717) is 64.8 Å². The fourth-order valence-electron chi connectivity index (χ4n) is 3.72. The standard InChI is InChI=1S/C25H30ClN3O4/c1-3-4-10-29(2)11-5-12-30-22-16-20-23(25-24(22)31-13-14-32-25)21(8-9-28-20)33-17-6-7-19(27)18(26)15-17/h6-9,15-16H,3-5,10-14,27H2,1-2H3. The number of nitrogens with zero attached hydrogens (tertiary/aromatic N) is 2. The Morgan fingerprint density at radius 2 is 1.85 bits per heavy atom. The van der Waals surface area contributed by atoms with Gasteiger partial charge >= 0.3 is 0 Å². The Bertz CT molecular complexity index is 1110. The van der Waals surface area contributed by atoms with E-state index in [0.717, 1.165) is 24.9 Å². The first-order valence-electron chi connectivity index (χ1n) is 11.3. The molecule has 2 N–H and O–H groups in total. The number of nitrogen functional groups attached to an aromatic ring is 1. The molecule has 0 saturated carbocycles. The fraction of sp³-hybridized carbons (Fsp3) is 0.400. The third-order valence-corrected chi connectivity index (χ3v) is 5.81. The molecule has 0 fully saturated rings. The molecule has 2 aromatic carbocycles. The summed E-state index contributed by atoms with van der Waals surface area (Å²) >= 11 is 6.16. The SMILES string of the molecule is CCCCN(C)CCCOc1cc2nccc(Oc3ccc(N)c(Cl)c3)c2c2c1OCCO2. The maximum absolute atomic E-state index is 6.16. The molecule has 176 valence electrons. The third-order valence-electron chi connectivity index (χ3n) is 5.48. The van der Waals surface area contributed by atoms with Gasteiger partial charge in [-0.3, -0.25) is 4.98 Å². The van der Waals surface area contributed by atoms with Crippen LogP contribution >= 0.6 is 11.6 Å². The number of pyridine rings is 1. The van der Waals surface area contributed by atoms with Gasteiger partial charge in [0.15, 0.2) is 11.5 Å². The predicted molar refractivity (Wildman–Crippen MR) is 131 cm³/mol. The summed E-state index contributed by atoms with van der Waals surface area (Å²) in [5, 5.41) is 1.16. The van der Waals surface area contributed by atoms with Gasteiger partial charge in [0, 0.05) is 24.9 Å². The number of hydrogen-bond donors (Lipinski definition) is 1. The van der Waals surface area contributed by atoms with E-state index in [4.69, 9.17) is 36.3 Å². The Hall–Kier alpha value is -2.90. The van der Waals surface area contributed by atoms with Crippen LogP contribution in [0.2, 0.25) is 5.02 Å². The molecule has 0 unspecified atom stereocenters. The summed E-state index contributed by atoms with van der Waals surface area (Å²) in [5.74, 6) is 2.96. The highest BCUT2D eigenvalue weighted by Gasteiger charge is 2.24. The smallest absolute Gasteiger partial charge is 0.204 e. The summed E-state index contributed by atoms with van der Waals surface area (Å²) in [4.78, 5) is 6.85. The summed E-state index contributed by atoms with van der Waals surface area (Å²) in [6.45, 7) is 5.77. The molecule has 0 bridgehead atoms. The van der Waals surface area contributed by atoms with E-state index >= 15 is 0 Å². The Balaban J connectivity index is 1.57. The van der Waals surface area contributed by atoms with Crippen molar-refractivity contribution in [3.05, 3.63) is 41.6 Å². The van der Waals surface area contributed by atoms with Crippen LogP contribution in [0.1, 0.15) is 26.2 Å². The van der Waals surface area contributed by atoms with Crippen molar-refractivity contribution in [3.63, 3.8) is 0 Å². The average Bonchev–Trinajstić information content (AvgIpc) is 2.82. The first kappa shape index (κ1) is 23.3. The van der Waals surface area contributed by atoms with E-state index in [1.165, 1.54) is 12.8 Å². The Labute approximate surface area is 199 Å². The monoisotopic (exact) mass is 471 g/mol. The lowest BCUT2D eigenvalue weighted by Gasteiger charge is -2.24. The molecule has 0 aliphatic carbocycles. The Morgan fingerprint density at radius 3 is 2.64 bits per heavy atom. The summed E-state index contributed by atoms with van der Waals surface area (Å²) in [5.41, 5.74) is 7.02. The minimum atomic E-state index is 0.434. The van der Waals surface area contributed by atoms with Gasteiger partial charge in [0.1, 0.15) is 24.7 Å². The molecule has 0 atom stereocenters. The molecule has 3 aromatic rings. The van der Waals surface area contributed by atoms with E-state index in [2.05, 4.69) is 23.9 Å². The number of unbranched alkanes of at least 4 members (excludes halogenated alkanes) is 1. The van der Waals surface area contributed by atoms with Gasteiger partial charge in [0.25, 0.3) is 0 Å². The van der Waals surface area contributed by atoms with Crippen molar-refractivity contribution in [2.45, 2.75) is 26.2 Å². The largest absolute Gasteiger partial charge is 0.489 e. The lowest BCUT2D eigenvalue weighted by molar-refractivity contribution is 0.162. The van der Waals surface area contributed by atoms with Crippen molar-refractivity contribution < 1.29 is 18.9 Å². The second-order valence-electron chi connectivity index (χ2n) is 8.08. The topological polar surface area (TPSA) is 79.1 Å². The lowest BCUT2D eigenvalue weighted by atomic mass is 10.1. The van der Waals surface area contributed by atoms with Crippen LogP contribution < -0.4 is 24.7 Å². The molecule has 8 heteroatoms. The Morgan fingerprint density at radius 1 is 1.06 bits per heavy atom. The number of anilines is 1. The minimum absolute atomic E-state index is 0.434. The van der Waals surface area contributed by atoms with Crippen LogP contribution in [0.15, 0.2) is 36.5 Å². The van der Waals surface area contributed by atoms with Crippen LogP contribution in [0.3, 0.4) is 0 Å². The summed E-state index contributed by atoms with van der Waals surface area (Å²) in [7, 11) is 2.14. The van der Waals surface area contributed by atoms with Crippen molar-refractivity contribution in [3.8, 4) is 28.7 Å². The highest BCUT2D eigenvalue weighted by molar-refractivity contribution is 6.33. The zero-order valence-electron chi connectivity index (χ0n) is 19.1. The number of halogens is 1. The van der Waals surface area contributed by atoms with Crippen molar-refractivity contribution >= 4 is 28.2 Å².